The van der Waals surface area contributed by atoms with Gasteiger partial charge in [-0.2, -0.15) is 0 Å². The van der Waals surface area contributed by atoms with Crippen LogP contribution in [0.5, 0.6) is 5.75 Å². The van der Waals surface area contributed by atoms with E-state index in [0.29, 0.717) is 39.3 Å². The Labute approximate surface area is 195 Å². The Morgan fingerprint density at radius 2 is 2.03 bits per heavy atom. The van der Waals surface area contributed by atoms with Gasteiger partial charge >= 0.3 is 0 Å². The van der Waals surface area contributed by atoms with Crippen LogP contribution in [0.1, 0.15) is 42.6 Å². The monoisotopic (exact) mass is 469 g/mol. The van der Waals surface area contributed by atoms with Crippen LogP contribution in [0.3, 0.4) is 0 Å². The normalized spacial score (nSPS) is 11.3. The highest BCUT2D eigenvalue weighted by Gasteiger charge is 2.15. The molecule has 0 aliphatic rings. The van der Waals surface area contributed by atoms with E-state index < -0.39 is 0 Å². The van der Waals surface area contributed by atoms with Crippen molar-refractivity contribution in [2.75, 3.05) is 5.84 Å². The highest BCUT2D eigenvalue weighted by atomic mass is 35.5. The summed E-state index contributed by atoms with van der Waals surface area (Å²) in [6.07, 6.45) is 1.68. The van der Waals surface area contributed by atoms with E-state index in [4.69, 9.17) is 26.6 Å². The summed E-state index contributed by atoms with van der Waals surface area (Å²) in [4.78, 5) is 4.33. The van der Waals surface area contributed by atoms with Gasteiger partial charge in [-0.05, 0) is 42.2 Å². The highest BCUT2D eigenvalue weighted by molar-refractivity contribution is 7.98. The van der Waals surface area contributed by atoms with Crippen LogP contribution in [-0.4, -0.2) is 19.9 Å². The van der Waals surface area contributed by atoms with E-state index in [9.17, 15) is 0 Å². The molecule has 4 aromatic rings. The van der Waals surface area contributed by atoms with Crippen molar-refractivity contribution < 1.29 is 9.15 Å². The molecule has 0 fully saturated rings. The number of hydrogen-bond acceptors (Lipinski definition) is 7. The van der Waals surface area contributed by atoms with Crippen LogP contribution in [0, 0.1) is 6.92 Å². The number of rotatable bonds is 8. The Hall–Kier alpha value is -2.97. The molecule has 0 aliphatic heterocycles. The summed E-state index contributed by atoms with van der Waals surface area (Å²) in [5, 5.41) is 9.56. The lowest BCUT2D eigenvalue weighted by atomic mass is 10.0. The fourth-order valence-electron chi connectivity index (χ4n) is 3.17. The van der Waals surface area contributed by atoms with E-state index in [-0.39, 0.29) is 6.61 Å². The molecule has 32 heavy (non-hydrogen) atoms. The van der Waals surface area contributed by atoms with Gasteiger partial charge in [0, 0.05) is 10.6 Å². The van der Waals surface area contributed by atoms with E-state index in [1.165, 1.54) is 16.4 Å². The predicted octanol–water partition coefficient (Wildman–Crippen LogP) is 5.60. The summed E-state index contributed by atoms with van der Waals surface area (Å²) in [7, 11) is 0. The molecular weight excluding hydrogens is 446 g/mol. The van der Waals surface area contributed by atoms with Crippen molar-refractivity contribution in [2.24, 2.45) is 0 Å². The molecule has 0 radical (unpaired) electrons. The molecule has 4 rings (SSSR count). The molecule has 7 nitrogen and oxygen atoms in total. The molecule has 0 spiro atoms. The number of benzene rings is 2. The summed E-state index contributed by atoms with van der Waals surface area (Å²) in [5.41, 5.74) is 3.16. The first-order valence-corrected chi connectivity index (χ1v) is 11.5. The average Bonchev–Trinajstić information content (AvgIpc) is 3.37. The van der Waals surface area contributed by atoms with E-state index in [0.717, 1.165) is 22.4 Å². The van der Waals surface area contributed by atoms with Crippen molar-refractivity contribution in [3.8, 4) is 17.1 Å². The van der Waals surface area contributed by atoms with Gasteiger partial charge in [0.2, 0.25) is 11.0 Å². The van der Waals surface area contributed by atoms with Crippen molar-refractivity contribution in [1.82, 2.24) is 19.9 Å². The lowest BCUT2D eigenvalue weighted by Crippen LogP contribution is -2.16. The lowest BCUT2D eigenvalue weighted by molar-refractivity contribution is 0.287. The Kier molecular flexibility index (Phi) is 6.72. The number of aryl methyl sites for hydroxylation is 1. The molecule has 0 bridgehead atoms. The van der Waals surface area contributed by atoms with Gasteiger partial charge in [0.25, 0.3) is 0 Å². The van der Waals surface area contributed by atoms with Crippen molar-refractivity contribution >= 4 is 23.4 Å². The third-order valence-electron chi connectivity index (χ3n) is 4.87. The molecule has 2 N–H and O–H groups in total. The van der Waals surface area contributed by atoms with Crippen LogP contribution in [0.25, 0.3) is 11.3 Å². The zero-order chi connectivity index (χ0) is 22.7. The number of halogens is 1. The van der Waals surface area contributed by atoms with Crippen LogP contribution in [0.4, 0.5) is 0 Å². The van der Waals surface area contributed by atoms with Crippen LogP contribution < -0.4 is 10.6 Å². The molecule has 0 amide bonds. The molecule has 0 atom stereocenters. The summed E-state index contributed by atoms with van der Waals surface area (Å²) in [6, 6.07) is 13.7. The number of thioether (sulfide) groups is 1. The maximum absolute atomic E-state index is 6.20. The zero-order valence-electron chi connectivity index (χ0n) is 18.1. The van der Waals surface area contributed by atoms with E-state index in [1.807, 2.05) is 37.3 Å². The van der Waals surface area contributed by atoms with Gasteiger partial charge in [0.15, 0.2) is 11.6 Å². The van der Waals surface area contributed by atoms with Gasteiger partial charge in [-0.3, -0.25) is 0 Å². The first-order valence-electron chi connectivity index (χ1n) is 10.2. The third-order valence-corrected chi connectivity index (χ3v) is 6.03. The minimum Gasteiger partial charge on any atom is -0.485 e. The molecule has 9 heteroatoms. The van der Waals surface area contributed by atoms with E-state index in [1.54, 1.807) is 6.20 Å². The van der Waals surface area contributed by atoms with Crippen molar-refractivity contribution in [3.05, 3.63) is 76.5 Å². The number of nitrogens with two attached hydrogens (primary N) is 1. The van der Waals surface area contributed by atoms with E-state index in [2.05, 4.69) is 41.2 Å². The SMILES string of the molecule is Cc1ccc(C(C)C)c(OCc2nnc(SCc3ncc(-c4cccc(Cl)c4)o3)n2N)c1. The molecular formula is C23H24ClN5O2S. The smallest absolute Gasteiger partial charge is 0.210 e. The quantitative estimate of drug-likeness (QED) is 0.265. The second kappa shape index (κ2) is 9.67. The van der Waals surface area contributed by atoms with Crippen LogP contribution in [-0.2, 0) is 12.4 Å². The average molecular weight is 470 g/mol. The Morgan fingerprint density at radius 1 is 1.19 bits per heavy atom. The number of aromatic nitrogens is 4. The van der Waals surface area contributed by atoms with E-state index >= 15 is 0 Å². The second-order valence-corrected chi connectivity index (χ2v) is 9.05. The van der Waals surface area contributed by atoms with Crippen molar-refractivity contribution in [1.29, 1.82) is 0 Å². The van der Waals surface area contributed by atoms with Gasteiger partial charge < -0.3 is 15.0 Å². The summed E-state index contributed by atoms with van der Waals surface area (Å²) in [5.74, 6) is 9.61. The number of oxazole rings is 1. The van der Waals surface area contributed by atoms with Gasteiger partial charge in [-0.1, -0.05) is 61.5 Å². The first-order chi connectivity index (χ1) is 15.4. The van der Waals surface area contributed by atoms with Crippen molar-refractivity contribution in [2.45, 2.75) is 44.2 Å². The molecule has 2 aromatic heterocycles. The Morgan fingerprint density at radius 3 is 2.81 bits per heavy atom. The van der Waals surface area contributed by atoms with Crippen LogP contribution in [0.15, 0.2) is 58.2 Å². The van der Waals surface area contributed by atoms with Gasteiger partial charge in [0.1, 0.15) is 12.4 Å². The minimum absolute atomic E-state index is 0.227. The standard InChI is InChI=1S/C23H24ClN5O2S/c1-14(2)18-8-7-15(3)9-19(18)30-12-21-27-28-23(29(21)25)32-13-22-26-11-20(31-22)16-5-4-6-17(24)10-16/h4-11,14H,12-13,25H2,1-3H3. The van der Waals surface area contributed by atoms with Gasteiger partial charge in [0.05, 0.1) is 11.9 Å². The minimum atomic E-state index is 0.227. The number of nitrogen functional groups attached to an aromatic ring is 1. The van der Waals surface area contributed by atoms with Gasteiger partial charge in [-0.15, -0.1) is 10.2 Å². The van der Waals surface area contributed by atoms with Crippen LogP contribution in [0.2, 0.25) is 5.02 Å². The molecule has 2 aromatic carbocycles. The number of nitrogens with zero attached hydrogens (tertiary/aromatic N) is 4. The largest absolute Gasteiger partial charge is 0.485 e. The summed E-state index contributed by atoms with van der Waals surface area (Å²) >= 11 is 7.44. The fourth-order valence-corrected chi connectivity index (χ4v) is 4.09. The zero-order valence-corrected chi connectivity index (χ0v) is 19.7. The third kappa shape index (κ3) is 5.08. The maximum atomic E-state index is 6.20. The molecule has 0 saturated carbocycles. The molecule has 2 heterocycles. The Bertz CT molecular complexity index is 1220. The summed E-state index contributed by atoms with van der Waals surface area (Å²) in [6.45, 7) is 6.54. The number of ether oxygens (including phenoxy) is 1. The second-order valence-electron chi connectivity index (χ2n) is 7.67. The topological polar surface area (TPSA) is 92.0 Å². The maximum Gasteiger partial charge on any atom is 0.210 e. The summed E-state index contributed by atoms with van der Waals surface area (Å²) < 4.78 is 13.3. The highest BCUT2D eigenvalue weighted by Crippen LogP contribution is 2.29. The first kappa shape index (κ1) is 22.2. The predicted molar refractivity (Wildman–Crippen MR) is 126 cm³/mol. The molecule has 166 valence electrons. The number of hydrogen-bond donors (Lipinski definition) is 1. The fraction of sp³-hybridized carbons (Fsp3) is 0.261. The Balaban J connectivity index is 1.39. The van der Waals surface area contributed by atoms with Crippen LogP contribution >= 0.6 is 23.4 Å². The lowest BCUT2D eigenvalue weighted by Gasteiger charge is -2.14. The molecule has 0 saturated heterocycles. The molecule has 0 unspecified atom stereocenters. The van der Waals surface area contributed by atoms with Gasteiger partial charge in [-0.25, -0.2) is 9.66 Å². The molecule has 0 aliphatic carbocycles. The van der Waals surface area contributed by atoms with Crippen molar-refractivity contribution in [3.63, 3.8) is 0 Å².